The van der Waals surface area contributed by atoms with Crippen LogP contribution in [0.4, 0.5) is 5.13 Å². The van der Waals surface area contributed by atoms with Crippen molar-refractivity contribution in [2.45, 2.75) is 12.8 Å². The summed E-state index contributed by atoms with van der Waals surface area (Å²) in [5, 5.41) is 7.60. The SMILES string of the molecule is O=C(CCc1nc2ccccc2[nH]c1=O)Nc1nc(-c2ccc3ccccc3c2)cs1. The zero-order valence-electron chi connectivity index (χ0n) is 16.5. The van der Waals surface area contributed by atoms with Crippen molar-refractivity contribution in [3.05, 3.63) is 88.2 Å². The topological polar surface area (TPSA) is 87.7 Å². The van der Waals surface area contributed by atoms with E-state index in [1.54, 1.807) is 6.07 Å². The largest absolute Gasteiger partial charge is 0.319 e. The minimum absolute atomic E-state index is 0.152. The summed E-state index contributed by atoms with van der Waals surface area (Å²) in [7, 11) is 0. The highest BCUT2D eigenvalue weighted by Crippen LogP contribution is 2.27. The van der Waals surface area contributed by atoms with Crippen molar-refractivity contribution in [2.24, 2.45) is 0 Å². The van der Waals surface area contributed by atoms with E-state index in [9.17, 15) is 9.59 Å². The molecular weight excluding hydrogens is 408 g/mol. The number of amides is 1. The second-order valence-corrected chi connectivity index (χ2v) is 8.04. The van der Waals surface area contributed by atoms with E-state index in [0.717, 1.165) is 16.6 Å². The molecule has 0 fully saturated rings. The van der Waals surface area contributed by atoms with Gasteiger partial charge in [-0.3, -0.25) is 9.59 Å². The quantitative estimate of drug-likeness (QED) is 0.424. The van der Waals surface area contributed by atoms with Gasteiger partial charge in [0.1, 0.15) is 5.69 Å². The van der Waals surface area contributed by atoms with Crippen LogP contribution in [-0.4, -0.2) is 20.9 Å². The molecule has 0 unspecified atom stereocenters. The van der Waals surface area contributed by atoms with Crippen molar-refractivity contribution < 1.29 is 4.79 Å². The summed E-state index contributed by atoms with van der Waals surface area (Å²) >= 11 is 1.38. The maximum Gasteiger partial charge on any atom is 0.270 e. The van der Waals surface area contributed by atoms with Crippen molar-refractivity contribution in [1.82, 2.24) is 15.0 Å². The number of aromatic amines is 1. The number of thiazole rings is 1. The van der Waals surface area contributed by atoms with Gasteiger partial charge >= 0.3 is 0 Å². The Kier molecular flexibility index (Phi) is 5.01. The Balaban J connectivity index is 1.26. The third-order valence-corrected chi connectivity index (χ3v) is 5.81. The van der Waals surface area contributed by atoms with Crippen LogP contribution in [0.2, 0.25) is 0 Å². The molecular formula is C24H18N4O2S. The Labute approximate surface area is 181 Å². The second-order valence-electron chi connectivity index (χ2n) is 7.18. The fourth-order valence-electron chi connectivity index (χ4n) is 3.46. The highest BCUT2D eigenvalue weighted by molar-refractivity contribution is 7.14. The number of aryl methyl sites for hydroxylation is 1. The normalized spacial score (nSPS) is 11.1. The zero-order chi connectivity index (χ0) is 21.2. The van der Waals surface area contributed by atoms with Gasteiger partial charge in [0.15, 0.2) is 5.13 Å². The predicted octanol–water partition coefficient (Wildman–Crippen LogP) is 4.77. The fraction of sp³-hybridized carbons (Fsp3) is 0.0833. The van der Waals surface area contributed by atoms with Crippen LogP contribution in [0.5, 0.6) is 0 Å². The number of H-pyrrole nitrogens is 1. The van der Waals surface area contributed by atoms with Gasteiger partial charge in [-0.2, -0.15) is 0 Å². The molecule has 2 heterocycles. The standard InChI is InChI=1S/C24H18N4O2S/c29-22(12-11-20-23(30)26-19-8-4-3-7-18(19)25-20)28-24-27-21(14-31-24)17-10-9-15-5-1-2-6-16(15)13-17/h1-10,13-14H,11-12H2,(H,26,30)(H,27,28,29). The number of anilines is 1. The molecule has 0 radical (unpaired) electrons. The molecule has 0 spiro atoms. The number of rotatable bonds is 5. The molecule has 0 saturated carbocycles. The van der Waals surface area contributed by atoms with Crippen LogP contribution in [0.15, 0.2) is 76.9 Å². The molecule has 0 atom stereocenters. The third kappa shape index (κ3) is 4.08. The van der Waals surface area contributed by atoms with E-state index in [1.807, 2.05) is 41.8 Å². The minimum atomic E-state index is -0.265. The summed E-state index contributed by atoms with van der Waals surface area (Å²) < 4.78 is 0. The first-order valence-corrected chi connectivity index (χ1v) is 10.8. The van der Waals surface area contributed by atoms with Crippen LogP contribution in [0.25, 0.3) is 33.1 Å². The van der Waals surface area contributed by atoms with Gasteiger partial charge < -0.3 is 10.3 Å². The molecule has 0 aliphatic rings. The van der Waals surface area contributed by atoms with E-state index in [1.165, 1.54) is 16.7 Å². The van der Waals surface area contributed by atoms with Gasteiger partial charge in [0, 0.05) is 23.8 Å². The summed E-state index contributed by atoms with van der Waals surface area (Å²) in [4.78, 5) is 36.3. The average Bonchev–Trinajstić information content (AvgIpc) is 3.25. The van der Waals surface area contributed by atoms with Crippen LogP contribution >= 0.6 is 11.3 Å². The van der Waals surface area contributed by atoms with Crippen molar-refractivity contribution in [3.63, 3.8) is 0 Å². The molecule has 0 aliphatic carbocycles. The molecule has 2 aromatic heterocycles. The molecule has 2 N–H and O–H groups in total. The molecule has 0 saturated heterocycles. The van der Waals surface area contributed by atoms with Gasteiger partial charge in [-0.15, -0.1) is 11.3 Å². The Morgan fingerprint density at radius 2 is 1.77 bits per heavy atom. The maximum absolute atomic E-state index is 12.4. The van der Waals surface area contributed by atoms with Crippen molar-refractivity contribution in [3.8, 4) is 11.3 Å². The van der Waals surface area contributed by atoms with Crippen molar-refractivity contribution in [1.29, 1.82) is 0 Å². The Bertz CT molecular complexity index is 1470. The molecule has 1 amide bonds. The number of para-hydroxylation sites is 2. The van der Waals surface area contributed by atoms with Crippen molar-refractivity contribution >= 4 is 44.2 Å². The zero-order valence-corrected chi connectivity index (χ0v) is 17.3. The van der Waals surface area contributed by atoms with Gasteiger partial charge in [0.05, 0.1) is 16.7 Å². The Hall–Kier alpha value is -3.84. The first kappa shape index (κ1) is 19.1. The highest BCUT2D eigenvalue weighted by Gasteiger charge is 2.11. The predicted molar refractivity (Wildman–Crippen MR) is 124 cm³/mol. The number of carbonyl (C=O) groups excluding carboxylic acids is 1. The molecule has 31 heavy (non-hydrogen) atoms. The molecule has 5 rings (SSSR count). The third-order valence-electron chi connectivity index (χ3n) is 5.05. The fourth-order valence-corrected chi connectivity index (χ4v) is 4.20. The number of hydrogen-bond donors (Lipinski definition) is 2. The summed E-state index contributed by atoms with van der Waals surface area (Å²) in [6, 6.07) is 21.7. The Morgan fingerprint density at radius 1 is 0.968 bits per heavy atom. The number of fused-ring (bicyclic) bond motifs is 2. The van der Waals surface area contributed by atoms with Gasteiger partial charge in [0.25, 0.3) is 5.56 Å². The maximum atomic E-state index is 12.4. The highest BCUT2D eigenvalue weighted by atomic mass is 32.1. The second kappa shape index (κ2) is 8.12. The lowest BCUT2D eigenvalue weighted by Gasteiger charge is -2.03. The average molecular weight is 427 g/mol. The molecule has 5 aromatic rings. The number of nitrogens with zero attached hydrogens (tertiary/aromatic N) is 2. The van der Waals surface area contributed by atoms with E-state index in [0.29, 0.717) is 21.9 Å². The van der Waals surface area contributed by atoms with Crippen LogP contribution in [0.1, 0.15) is 12.1 Å². The van der Waals surface area contributed by atoms with Crippen LogP contribution in [0.3, 0.4) is 0 Å². The van der Waals surface area contributed by atoms with Gasteiger partial charge in [-0.1, -0.05) is 48.5 Å². The monoisotopic (exact) mass is 426 g/mol. The van der Waals surface area contributed by atoms with Gasteiger partial charge in [-0.25, -0.2) is 9.97 Å². The van der Waals surface area contributed by atoms with E-state index >= 15 is 0 Å². The molecule has 7 heteroatoms. The summed E-state index contributed by atoms with van der Waals surface area (Å²) in [5.74, 6) is -0.200. The van der Waals surface area contributed by atoms with E-state index in [4.69, 9.17) is 0 Å². The number of hydrogen-bond acceptors (Lipinski definition) is 5. The smallest absolute Gasteiger partial charge is 0.270 e. The lowest BCUT2D eigenvalue weighted by Crippen LogP contribution is -2.18. The summed E-state index contributed by atoms with van der Waals surface area (Å²) in [6.45, 7) is 0. The van der Waals surface area contributed by atoms with Crippen LogP contribution in [-0.2, 0) is 11.2 Å². The number of nitrogens with one attached hydrogen (secondary N) is 2. The first-order valence-electron chi connectivity index (χ1n) is 9.88. The summed E-state index contributed by atoms with van der Waals surface area (Å²) in [5.41, 5.74) is 3.30. The van der Waals surface area contributed by atoms with Crippen LogP contribution < -0.4 is 10.9 Å². The molecule has 6 nitrogen and oxygen atoms in total. The lowest BCUT2D eigenvalue weighted by atomic mass is 10.1. The number of aromatic nitrogens is 3. The number of carbonyl (C=O) groups is 1. The molecule has 0 bridgehead atoms. The van der Waals surface area contributed by atoms with E-state index in [2.05, 4.69) is 44.5 Å². The number of benzene rings is 3. The minimum Gasteiger partial charge on any atom is -0.319 e. The molecule has 0 aliphatic heterocycles. The Morgan fingerprint density at radius 3 is 2.68 bits per heavy atom. The van der Waals surface area contributed by atoms with Gasteiger partial charge in [0.2, 0.25) is 5.91 Å². The summed E-state index contributed by atoms with van der Waals surface area (Å²) in [6.07, 6.45) is 0.411. The van der Waals surface area contributed by atoms with E-state index < -0.39 is 0 Å². The lowest BCUT2D eigenvalue weighted by molar-refractivity contribution is -0.116. The molecule has 152 valence electrons. The molecule has 3 aromatic carbocycles. The van der Waals surface area contributed by atoms with Crippen molar-refractivity contribution in [2.75, 3.05) is 5.32 Å². The van der Waals surface area contributed by atoms with Crippen LogP contribution in [0, 0.1) is 0 Å². The first-order chi connectivity index (χ1) is 15.2. The van der Waals surface area contributed by atoms with E-state index in [-0.39, 0.29) is 24.3 Å². The van der Waals surface area contributed by atoms with Gasteiger partial charge in [-0.05, 0) is 29.0 Å².